The maximum Gasteiger partial charge on any atom is 0.231 e. The summed E-state index contributed by atoms with van der Waals surface area (Å²) >= 11 is 0. The molecule has 0 bridgehead atoms. The number of nitrogens with zero attached hydrogens (tertiary/aromatic N) is 7. The molecule has 0 unspecified atom stereocenters. The lowest BCUT2D eigenvalue weighted by atomic mass is 9.93. The number of hydrogen-bond donors (Lipinski definition) is 3. The van der Waals surface area contributed by atoms with Crippen molar-refractivity contribution in [2.75, 3.05) is 75.2 Å². The number of hydrogen-bond acceptors (Lipinski definition) is 11. The minimum absolute atomic E-state index is 0.393. The van der Waals surface area contributed by atoms with Crippen LogP contribution in [0.1, 0.15) is 12.8 Å². The van der Waals surface area contributed by atoms with Crippen LogP contribution in [-0.4, -0.2) is 107 Å². The first kappa shape index (κ1) is 29.2. The summed E-state index contributed by atoms with van der Waals surface area (Å²) in [6.07, 6.45) is 7.42. The summed E-state index contributed by atoms with van der Waals surface area (Å²) in [6.45, 7) is 9.84. The molecular formula is C33H39N10O2P. The lowest BCUT2D eigenvalue weighted by Gasteiger charge is -2.48. The number of H-pyrrole nitrogens is 1. The number of likely N-dealkylation sites (N-methyl/N-ethyl adjacent to an activating group) is 1. The largest absolute Gasteiger partial charge is 0.489 e. The van der Waals surface area contributed by atoms with E-state index in [0.29, 0.717) is 58.1 Å². The summed E-state index contributed by atoms with van der Waals surface area (Å²) in [5.74, 6) is 1.89. The van der Waals surface area contributed by atoms with Gasteiger partial charge in [-0.3, -0.25) is 14.9 Å². The maximum atomic E-state index is 13.5. The van der Waals surface area contributed by atoms with Gasteiger partial charge in [-0.1, -0.05) is 0 Å². The molecule has 3 aromatic heterocycles. The fraction of sp³-hybridized carbons (Fsp3) is 0.394. The Morgan fingerprint density at radius 1 is 0.957 bits per heavy atom. The van der Waals surface area contributed by atoms with Gasteiger partial charge in [-0.15, -0.1) is 0 Å². The van der Waals surface area contributed by atoms with Gasteiger partial charge < -0.3 is 34.7 Å². The summed E-state index contributed by atoms with van der Waals surface area (Å²) in [7, 11) is -0.527. The van der Waals surface area contributed by atoms with Gasteiger partial charge in [0.05, 0.1) is 33.6 Å². The molecule has 2 aromatic carbocycles. The van der Waals surface area contributed by atoms with E-state index in [2.05, 4.69) is 59.5 Å². The second-order valence-corrected chi connectivity index (χ2v) is 16.1. The molecule has 46 heavy (non-hydrogen) atoms. The van der Waals surface area contributed by atoms with E-state index in [1.54, 1.807) is 25.7 Å². The first-order chi connectivity index (χ1) is 22.3. The molecule has 2 saturated heterocycles. The molecule has 13 heteroatoms. The average molecular weight is 639 g/mol. The topological polar surface area (TPSA) is 127 Å². The standard InChI is InChI=1S/C33H39N10O2P/c1-41-14-16-42(17-15-41)22-9-13-43-23(19-22)20-45-28-18-21(4-7-27(28)43)37-33-39-31-24(8-10-36-31)32(40-33)38-26-6-5-25-29(35-12-11-34-25)30(26)46(2,3)44/h4-8,10-12,18,22-23H,9,13-17,19-20H2,1-3H3,(H3,36,37,38,39,40)/t22-,23+/m0/s1. The van der Waals surface area contributed by atoms with Gasteiger partial charge in [0.1, 0.15) is 36.5 Å². The third-order valence-corrected chi connectivity index (χ3v) is 11.0. The zero-order valence-electron chi connectivity index (χ0n) is 26.4. The molecule has 3 aliphatic rings. The Morgan fingerprint density at radius 2 is 1.80 bits per heavy atom. The van der Waals surface area contributed by atoms with Crippen LogP contribution in [0.15, 0.2) is 55.0 Å². The minimum atomic E-state index is -2.74. The van der Waals surface area contributed by atoms with Gasteiger partial charge in [0.15, 0.2) is 0 Å². The van der Waals surface area contributed by atoms with Crippen LogP contribution in [0.4, 0.5) is 28.8 Å². The van der Waals surface area contributed by atoms with E-state index in [4.69, 9.17) is 14.7 Å². The fourth-order valence-electron chi connectivity index (χ4n) is 7.17. The molecule has 8 rings (SSSR count). The SMILES string of the molecule is CN1CCN([C@H]2CCN3c4ccc(Nc5nc(Nc6ccc7nccnc7c6P(C)(C)=O)c6cc[nH]c6n5)cc4OC[C@H]3C2)CC1. The summed E-state index contributed by atoms with van der Waals surface area (Å²) in [5.41, 5.74) is 4.68. The first-order valence-corrected chi connectivity index (χ1v) is 18.5. The van der Waals surface area contributed by atoms with Crippen molar-refractivity contribution in [2.45, 2.75) is 24.9 Å². The van der Waals surface area contributed by atoms with Gasteiger partial charge >= 0.3 is 0 Å². The van der Waals surface area contributed by atoms with Crippen molar-refractivity contribution in [3.05, 3.63) is 55.0 Å². The van der Waals surface area contributed by atoms with Crippen molar-refractivity contribution in [3.8, 4) is 5.75 Å². The Kier molecular flexibility index (Phi) is 7.31. The monoisotopic (exact) mass is 638 g/mol. The van der Waals surface area contributed by atoms with E-state index in [1.807, 2.05) is 30.5 Å². The molecular weight excluding hydrogens is 599 g/mol. The van der Waals surface area contributed by atoms with E-state index in [0.717, 1.165) is 61.7 Å². The molecule has 2 fully saturated rings. The number of benzene rings is 2. The van der Waals surface area contributed by atoms with Crippen LogP contribution < -0.4 is 25.6 Å². The highest BCUT2D eigenvalue weighted by molar-refractivity contribution is 7.71. The number of rotatable bonds is 6. The van der Waals surface area contributed by atoms with E-state index in [1.165, 1.54) is 6.42 Å². The van der Waals surface area contributed by atoms with Crippen molar-refractivity contribution in [2.24, 2.45) is 0 Å². The van der Waals surface area contributed by atoms with Gasteiger partial charge in [-0.25, -0.2) is 0 Å². The highest BCUT2D eigenvalue weighted by Crippen LogP contribution is 2.42. The van der Waals surface area contributed by atoms with Crippen LogP contribution in [0.25, 0.3) is 22.1 Å². The van der Waals surface area contributed by atoms with Crippen LogP contribution in [0.2, 0.25) is 0 Å². The predicted molar refractivity (Wildman–Crippen MR) is 184 cm³/mol. The van der Waals surface area contributed by atoms with Crippen LogP contribution in [0.3, 0.4) is 0 Å². The van der Waals surface area contributed by atoms with Crippen LogP contribution in [-0.2, 0) is 4.57 Å². The normalized spacial score (nSPS) is 20.7. The van der Waals surface area contributed by atoms with E-state index in [-0.39, 0.29) is 0 Å². The molecule has 2 atom stereocenters. The molecule has 3 N–H and O–H groups in total. The van der Waals surface area contributed by atoms with Crippen LogP contribution >= 0.6 is 7.14 Å². The Bertz CT molecular complexity index is 1970. The molecule has 0 amide bonds. The number of aromatic amines is 1. The Morgan fingerprint density at radius 3 is 2.65 bits per heavy atom. The molecule has 0 saturated carbocycles. The molecule has 238 valence electrons. The van der Waals surface area contributed by atoms with E-state index in [9.17, 15) is 4.57 Å². The summed E-state index contributed by atoms with van der Waals surface area (Å²) in [6, 6.07) is 13.0. The average Bonchev–Trinajstić information content (AvgIpc) is 3.53. The Hall–Kier alpha value is -4.25. The van der Waals surface area contributed by atoms with Gasteiger partial charge in [0.2, 0.25) is 5.95 Å². The third kappa shape index (κ3) is 5.44. The van der Waals surface area contributed by atoms with Gasteiger partial charge in [0, 0.05) is 69.1 Å². The van der Waals surface area contributed by atoms with Crippen molar-refractivity contribution in [3.63, 3.8) is 0 Å². The van der Waals surface area contributed by atoms with Crippen molar-refractivity contribution >= 4 is 63.3 Å². The second kappa shape index (κ2) is 11.5. The number of aromatic nitrogens is 5. The third-order valence-electron chi connectivity index (χ3n) is 9.52. The van der Waals surface area contributed by atoms with Gasteiger partial charge in [-0.05, 0) is 63.6 Å². The van der Waals surface area contributed by atoms with Gasteiger partial charge in [0.25, 0.3) is 0 Å². The lowest BCUT2D eigenvalue weighted by Crippen LogP contribution is -2.57. The number of fused-ring (bicyclic) bond motifs is 5. The predicted octanol–water partition coefficient (Wildman–Crippen LogP) is 4.61. The number of ether oxygens (including phenoxy) is 1. The first-order valence-electron chi connectivity index (χ1n) is 15.9. The van der Waals surface area contributed by atoms with Gasteiger partial charge in [-0.2, -0.15) is 9.97 Å². The zero-order valence-corrected chi connectivity index (χ0v) is 27.3. The zero-order chi connectivity index (χ0) is 31.4. The van der Waals surface area contributed by atoms with Crippen LogP contribution in [0, 0.1) is 0 Å². The van der Waals surface area contributed by atoms with Crippen molar-refractivity contribution in [1.82, 2.24) is 34.7 Å². The highest BCUT2D eigenvalue weighted by Gasteiger charge is 2.36. The number of piperidine rings is 1. The molecule has 0 spiro atoms. The Balaban J connectivity index is 1.04. The number of piperazine rings is 1. The highest BCUT2D eigenvalue weighted by atomic mass is 31.2. The Labute approximate surface area is 268 Å². The molecule has 12 nitrogen and oxygen atoms in total. The van der Waals surface area contributed by atoms with E-state index < -0.39 is 7.14 Å². The molecule has 0 aliphatic carbocycles. The quantitative estimate of drug-likeness (QED) is 0.226. The molecule has 3 aliphatic heterocycles. The summed E-state index contributed by atoms with van der Waals surface area (Å²) in [4.78, 5) is 29.4. The van der Waals surface area contributed by atoms with Crippen LogP contribution in [0.5, 0.6) is 5.75 Å². The summed E-state index contributed by atoms with van der Waals surface area (Å²) < 4.78 is 19.8. The maximum absolute atomic E-state index is 13.5. The van der Waals surface area contributed by atoms with Crippen molar-refractivity contribution < 1.29 is 9.30 Å². The number of nitrogens with one attached hydrogen (secondary N) is 3. The lowest BCUT2D eigenvalue weighted by molar-refractivity contribution is 0.0822. The second-order valence-electron chi connectivity index (χ2n) is 13.0. The molecule has 6 heterocycles. The smallest absolute Gasteiger partial charge is 0.231 e. The summed E-state index contributed by atoms with van der Waals surface area (Å²) in [5, 5.41) is 8.31. The minimum Gasteiger partial charge on any atom is -0.489 e. The molecule has 5 aromatic rings. The van der Waals surface area contributed by atoms with Crippen molar-refractivity contribution in [1.29, 1.82) is 0 Å². The number of anilines is 5. The van der Waals surface area contributed by atoms with E-state index >= 15 is 0 Å². The molecule has 0 radical (unpaired) electrons. The fourth-order valence-corrected chi connectivity index (χ4v) is 8.56.